The first-order chi connectivity index (χ1) is 8.28. The average molecular weight is 227 g/mol. The van der Waals surface area contributed by atoms with Gasteiger partial charge in [0, 0.05) is 12.5 Å². The predicted molar refractivity (Wildman–Crippen MR) is 63.6 cm³/mol. The van der Waals surface area contributed by atoms with Crippen LogP contribution in [-0.2, 0) is 4.74 Å². The molecule has 0 spiro atoms. The Kier molecular flexibility index (Phi) is 2.34. The number of nitriles is 1. The first kappa shape index (κ1) is 10.3. The van der Waals surface area contributed by atoms with Crippen LogP contribution in [0.3, 0.4) is 0 Å². The molecule has 2 aromatic rings. The van der Waals surface area contributed by atoms with E-state index in [0.29, 0.717) is 11.5 Å². The number of hydrogen-bond donors (Lipinski definition) is 1. The van der Waals surface area contributed by atoms with Crippen molar-refractivity contribution in [1.29, 1.82) is 5.26 Å². The summed E-state index contributed by atoms with van der Waals surface area (Å²) in [7, 11) is 0. The van der Waals surface area contributed by atoms with Crippen molar-refractivity contribution in [2.75, 3.05) is 6.61 Å². The summed E-state index contributed by atoms with van der Waals surface area (Å²) in [6.07, 6.45) is 1.22. The highest BCUT2D eigenvalue weighted by Crippen LogP contribution is 2.30. The molecule has 0 aliphatic carbocycles. The van der Waals surface area contributed by atoms with Crippen LogP contribution in [0.4, 0.5) is 0 Å². The number of fused-ring (bicyclic) bond motifs is 1. The minimum absolute atomic E-state index is 0.214. The fraction of sp³-hybridized carbons (Fsp3) is 0.385. The molecular formula is C13H13N3O. The number of ether oxygens (including phenoxy) is 1. The summed E-state index contributed by atoms with van der Waals surface area (Å²) >= 11 is 0. The third-order valence-corrected chi connectivity index (χ3v) is 3.36. The van der Waals surface area contributed by atoms with Crippen molar-refractivity contribution >= 4 is 11.0 Å². The Balaban J connectivity index is 2.04. The van der Waals surface area contributed by atoms with E-state index < -0.39 is 0 Å². The van der Waals surface area contributed by atoms with Crippen molar-refractivity contribution in [2.45, 2.75) is 25.4 Å². The van der Waals surface area contributed by atoms with Crippen LogP contribution in [0, 0.1) is 11.3 Å². The molecule has 1 fully saturated rings. The molecule has 2 unspecified atom stereocenters. The highest BCUT2D eigenvalue weighted by molar-refractivity contribution is 5.76. The van der Waals surface area contributed by atoms with Gasteiger partial charge >= 0.3 is 0 Å². The van der Waals surface area contributed by atoms with Crippen LogP contribution < -0.4 is 0 Å². The standard InChI is InChI=1S/C13H13N3O/c1-8-10(4-5-17-8)13-15-11-3-2-9(7-14)6-12(11)16-13/h2-3,6,8,10H,4-5H2,1H3,(H,15,16). The first-order valence-electron chi connectivity index (χ1n) is 5.79. The third-order valence-electron chi connectivity index (χ3n) is 3.36. The first-order valence-corrected chi connectivity index (χ1v) is 5.79. The van der Waals surface area contributed by atoms with Gasteiger partial charge in [-0.05, 0) is 31.5 Å². The summed E-state index contributed by atoms with van der Waals surface area (Å²) in [6.45, 7) is 2.87. The zero-order chi connectivity index (χ0) is 11.8. The molecule has 0 bridgehead atoms. The van der Waals surface area contributed by atoms with Gasteiger partial charge in [0.15, 0.2) is 0 Å². The second kappa shape index (κ2) is 3.86. The normalized spacial score (nSPS) is 24.0. The van der Waals surface area contributed by atoms with E-state index in [1.807, 2.05) is 12.1 Å². The molecule has 1 aliphatic heterocycles. The lowest BCUT2D eigenvalue weighted by atomic mass is 10.0. The molecule has 86 valence electrons. The van der Waals surface area contributed by atoms with Gasteiger partial charge in [-0.2, -0.15) is 5.26 Å². The smallest absolute Gasteiger partial charge is 0.113 e. The second-order valence-electron chi connectivity index (χ2n) is 4.44. The van der Waals surface area contributed by atoms with Gasteiger partial charge in [0.2, 0.25) is 0 Å². The van der Waals surface area contributed by atoms with Gasteiger partial charge in [-0.1, -0.05) is 0 Å². The topological polar surface area (TPSA) is 61.7 Å². The SMILES string of the molecule is CC1OCCC1c1nc2ccc(C#N)cc2[nH]1. The Morgan fingerprint density at radius 3 is 3.12 bits per heavy atom. The highest BCUT2D eigenvalue weighted by atomic mass is 16.5. The number of aromatic amines is 1. The second-order valence-corrected chi connectivity index (χ2v) is 4.44. The van der Waals surface area contributed by atoms with E-state index in [2.05, 4.69) is 23.0 Å². The number of hydrogen-bond acceptors (Lipinski definition) is 3. The van der Waals surface area contributed by atoms with Crippen molar-refractivity contribution in [2.24, 2.45) is 0 Å². The van der Waals surface area contributed by atoms with E-state index in [1.54, 1.807) is 6.07 Å². The Hall–Kier alpha value is -1.86. The van der Waals surface area contributed by atoms with Crippen LogP contribution in [0.1, 0.15) is 30.7 Å². The van der Waals surface area contributed by atoms with Gasteiger partial charge in [-0.25, -0.2) is 4.98 Å². The maximum Gasteiger partial charge on any atom is 0.113 e. The average Bonchev–Trinajstić information content (AvgIpc) is 2.93. The summed E-state index contributed by atoms with van der Waals surface area (Å²) in [5.41, 5.74) is 2.50. The molecular weight excluding hydrogens is 214 g/mol. The fourth-order valence-electron chi connectivity index (χ4n) is 2.37. The molecule has 1 saturated heterocycles. The summed E-state index contributed by atoms with van der Waals surface area (Å²) in [5.74, 6) is 1.31. The summed E-state index contributed by atoms with van der Waals surface area (Å²) in [6, 6.07) is 7.65. The minimum atomic E-state index is 0.214. The van der Waals surface area contributed by atoms with Crippen molar-refractivity contribution in [1.82, 2.24) is 9.97 Å². The van der Waals surface area contributed by atoms with Gasteiger partial charge < -0.3 is 9.72 Å². The Labute approximate surface area is 99.2 Å². The van der Waals surface area contributed by atoms with E-state index in [9.17, 15) is 0 Å². The van der Waals surface area contributed by atoms with Crippen LogP contribution in [-0.4, -0.2) is 22.7 Å². The van der Waals surface area contributed by atoms with E-state index in [-0.39, 0.29) is 6.10 Å². The quantitative estimate of drug-likeness (QED) is 0.813. The maximum absolute atomic E-state index is 8.85. The Bertz CT molecular complexity index is 596. The lowest BCUT2D eigenvalue weighted by Crippen LogP contribution is -2.10. The third kappa shape index (κ3) is 1.69. The largest absolute Gasteiger partial charge is 0.378 e. The summed E-state index contributed by atoms with van der Waals surface area (Å²) < 4.78 is 5.55. The van der Waals surface area contributed by atoms with Crippen LogP contribution in [0.15, 0.2) is 18.2 Å². The van der Waals surface area contributed by atoms with Gasteiger partial charge in [-0.3, -0.25) is 0 Å². The van der Waals surface area contributed by atoms with Crippen molar-refractivity contribution in [3.63, 3.8) is 0 Å². The lowest BCUT2D eigenvalue weighted by Gasteiger charge is -2.09. The molecule has 0 amide bonds. The van der Waals surface area contributed by atoms with Crippen LogP contribution in [0.5, 0.6) is 0 Å². The van der Waals surface area contributed by atoms with Crippen molar-refractivity contribution in [3.05, 3.63) is 29.6 Å². The summed E-state index contributed by atoms with van der Waals surface area (Å²) in [5, 5.41) is 8.85. The van der Waals surface area contributed by atoms with E-state index in [4.69, 9.17) is 10.00 Å². The molecule has 2 heterocycles. The highest BCUT2D eigenvalue weighted by Gasteiger charge is 2.28. The van der Waals surface area contributed by atoms with Gasteiger partial charge in [0.1, 0.15) is 5.82 Å². The molecule has 2 atom stereocenters. The number of aromatic nitrogens is 2. The Morgan fingerprint density at radius 2 is 2.41 bits per heavy atom. The molecule has 1 aromatic carbocycles. The van der Waals surface area contributed by atoms with Crippen LogP contribution in [0.2, 0.25) is 0 Å². The van der Waals surface area contributed by atoms with Gasteiger partial charge in [-0.15, -0.1) is 0 Å². The monoisotopic (exact) mass is 227 g/mol. The number of imidazole rings is 1. The molecule has 17 heavy (non-hydrogen) atoms. The zero-order valence-electron chi connectivity index (χ0n) is 9.60. The zero-order valence-corrected chi connectivity index (χ0v) is 9.60. The van der Waals surface area contributed by atoms with Gasteiger partial charge in [0.25, 0.3) is 0 Å². The number of nitrogens with one attached hydrogen (secondary N) is 1. The molecule has 1 aliphatic rings. The number of benzene rings is 1. The lowest BCUT2D eigenvalue weighted by molar-refractivity contribution is 0.117. The molecule has 0 radical (unpaired) electrons. The van der Waals surface area contributed by atoms with Gasteiger partial charge in [0.05, 0.1) is 28.8 Å². The molecule has 3 rings (SSSR count). The number of nitrogens with zero attached hydrogens (tertiary/aromatic N) is 2. The molecule has 0 saturated carbocycles. The molecule has 1 N–H and O–H groups in total. The van der Waals surface area contributed by atoms with Crippen LogP contribution >= 0.6 is 0 Å². The molecule has 1 aromatic heterocycles. The van der Waals surface area contributed by atoms with Crippen molar-refractivity contribution < 1.29 is 4.74 Å². The van der Waals surface area contributed by atoms with E-state index >= 15 is 0 Å². The Morgan fingerprint density at radius 1 is 1.53 bits per heavy atom. The van der Waals surface area contributed by atoms with E-state index in [1.165, 1.54) is 0 Å². The predicted octanol–water partition coefficient (Wildman–Crippen LogP) is 2.33. The number of rotatable bonds is 1. The van der Waals surface area contributed by atoms with Crippen molar-refractivity contribution in [3.8, 4) is 6.07 Å². The maximum atomic E-state index is 8.85. The fourth-order valence-corrected chi connectivity index (χ4v) is 2.37. The molecule has 4 nitrogen and oxygen atoms in total. The molecule has 4 heteroatoms. The number of H-pyrrole nitrogens is 1. The minimum Gasteiger partial charge on any atom is -0.378 e. The van der Waals surface area contributed by atoms with Crippen LogP contribution in [0.25, 0.3) is 11.0 Å². The van der Waals surface area contributed by atoms with E-state index in [0.717, 1.165) is 29.9 Å². The summed E-state index contributed by atoms with van der Waals surface area (Å²) in [4.78, 5) is 7.88.